The van der Waals surface area contributed by atoms with E-state index < -0.39 is 5.97 Å². The number of rotatable bonds is 6. The Hall–Kier alpha value is -1.35. The van der Waals surface area contributed by atoms with Gasteiger partial charge in [0.2, 0.25) is 0 Å². The Morgan fingerprint density at radius 3 is 2.77 bits per heavy atom. The molecule has 1 aliphatic heterocycles. The number of carboxylic acid groups (broad SMARTS) is 1. The van der Waals surface area contributed by atoms with Crippen molar-refractivity contribution in [3.63, 3.8) is 0 Å². The van der Waals surface area contributed by atoms with Gasteiger partial charge in [-0.3, -0.25) is 9.69 Å². The Bertz CT molecular complexity index is 512. The van der Waals surface area contributed by atoms with Gasteiger partial charge in [-0.15, -0.1) is 0 Å². The van der Waals surface area contributed by atoms with Gasteiger partial charge in [-0.25, -0.2) is 0 Å². The molecule has 22 heavy (non-hydrogen) atoms. The SMILES string of the molecule is CCC(CC1CCCN(Cc2ccc(C)c(C)c2)C1)C(=O)O. The Kier molecular flexibility index (Phi) is 6.01. The lowest BCUT2D eigenvalue weighted by molar-refractivity contribution is -0.142. The lowest BCUT2D eigenvalue weighted by Gasteiger charge is -2.34. The monoisotopic (exact) mass is 303 g/mol. The number of nitrogens with zero attached hydrogens (tertiary/aromatic N) is 1. The van der Waals surface area contributed by atoms with E-state index in [1.165, 1.54) is 29.5 Å². The highest BCUT2D eigenvalue weighted by Gasteiger charge is 2.25. The number of carbonyl (C=O) groups is 1. The fraction of sp³-hybridized carbons (Fsp3) is 0.632. The predicted octanol–water partition coefficient (Wildman–Crippen LogP) is 4.02. The zero-order chi connectivity index (χ0) is 16.1. The fourth-order valence-corrected chi connectivity index (χ4v) is 3.49. The second kappa shape index (κ2) is 7.77. The first-order valence-corrected chi connectivity index (χ1v) is 8.51. The Labute approximate surface area is 134 Å². The molecule has 1 aromatic carbocycles. The summed E-state index contributed by atoms with van der Waals surface area (Å²) in [5.74, 6) is -0.276. The second-order valence-corrected chi connectivity index (χ2v) is 6.84. The third-order valence-electron chi connectivity index (χ3n) is 5.04. The van der Waals surface area contributed by atoms with Crippen LogP contribution in [0.25, 0.3) is 0 Å². The van der Waals surface area contributed by atoms with Gasteiger partial charge in [-0.1, -0.05) is 25.1 Å². The highest BCUT2D eigenvalue weighted by molar-refractivity contribution is 5.69. The van der Waals surface area contributed by atoms with E-state index in [1.807, 2.05) is 6.92 Å². The summed E-state index contributed by atoms with van der Waals surface area (Å²) in [5.41, 5.74) is 4.06. The number of benzene rings is 1. The molecule has 3 heteroatoms. The lowest BCUT2D eigenvalue weighted by Crippen LogP contribution is -2.36. The first-order valence-electron chi connectivity index (χ1n) is 8.51. The number of aryl methyl sites for hydroxylation is 2. The zero-order valence-corrected chi connectivity index (χ0v) is 14.1. The van der Waals surface area contributed by atoms with Crippen LogP contribution in [0, 0.1) is 25.7 Å². The summed E-state index contributed by atoms with van der Waals surface area (Å²) < 4.78 is 0. The Balaban J connectivity index is 1.92. The van der Waals surface area contributed by atoms with Crippen molar-refractivity contribution in [2.75, 3.05) is 13.1 Å². The third-order valence-corrected chi connectivity index (χ3v) is 5.04. The molecule has 122 valence electrons. The minimum atomic E-state index is -0.631. The molecule has 2 rings (SSSR count). The van der Waals surface area contributed by atoms with E-state index in [4.69, 9.17) is 0 Å². The molecule has 1 saturated heterocycles. The summed E-state index contributed by atoms with van der Waals surface area (Å²) in [6.45, 7) is 9.45. The van der Waals surface area contributed by atoms with Crippen LogP contribution in [0.5, 0.6) is 0 Å². The molecule has 1 aliphatic rings. The van der Waals surface area contributed by atoms with Crippen LogP contribution >= 0.6 is 0 Å². The fourth-order valence-electron chi connectivity index (χ4n) is 3.49. The standard InChI is InChI=1S/C19H29NO2/c1-4-18(19(21)22)11-16-6-5-9-20(12-16)13-17-8-7-14(2)15(3)10-17/h7-8,10,16,18H,4-6,9,11-13H2,1-3H3,(H,21,22). The molecule has 1 heterocycles. The molecule has 1 N–H and O–H groups in total. The van der Waals surface area contributed by atoms with Crippen molar-refractivity contribution in [3.05, 3.63) is 34.9 Å². The van der Waals surface area contributed by atoms with Gasteiger partial charge in [0.25, 0.3) is 0 Å². The van der Waals surface area contributed by atoms with Crippen molar-refractivity contribution in [2.24, 2.45) is 11.8 Å². The minimum Gasteiger partial charge on any atom is -0.481 e. The van der Waals surface area contributed by atoms with Crippen LogP contribution in [0.2, 0.25) is 0 Å². The summed E-state index contributed by atoms with van der Waals surface area (Å²) in [6, 6.07) is 6.70. The highest BCUT2D eigenvalue weighted by Crippen LogP contribution is 2.26. The number of aliphatic carboxylic acids is 1. The van der Waals surface area contributed by atoms with E-state index in [1.54, 1.807) is 0 Å². The maximum Gasteiger partial charge on any atom is 0.306 e. The average molecular weight is 303 g/mol. The summed E-state index contributed by atoms with van der Waals surface area (Å²) in [4.78, 5) is 13.7. The summed E-state index contributed by atoms with van der Waals surface area (Å²) in [6.07, 6.45) is 3.93. The van der Waals surface area contributed by atoms with Gasteiger partial charge in [-0.2, -0.15) is 0 Å². The van der Waals surface area contributed by atoms with E-state index in [0.717, 1.165) is 32.5 Å². The first-order chi connectivity index (χ1) is 10.5. The van der Waals surface area contributed by atoms with Gasteiger partial charge in [0.1, 0.15) is 0 Å². The number of piperidine rings is 1. The van der Waals surface area contributed by atoms with Gasteiger partial charge in [0.05, 0.1) is 5.92 Å². The van der Waals surface area contributed by atoms with Gasteiger partial charge < -0.3 is 5.11 Å². The highest BCUT2D eigenvalue weighted by atomic mass is 16.4. The third kappa shape index (κ3) is 4.57. The van der Waals surface area contributed by atoms with E-state index in [9.17, 15) is 9.90 Å². The number of carboxylic acids is 1. The van der Waals surface area contributed by atoms with Gasteiger partial charge in [0.15, 0.2) is 0 Å². The van der Waals surface area contributed by atoms with Crippen LogP contribution in [0.1, 0.15) is 49.3 Å². The van der Waals surface area contributed by atoms with E-state index in [-0.39, 0.29) is 5.92 Å². The Morgan fingerprint density at radius 1 is 1.36 bits per heavy atom. The average Bonchev–Trinajstić information content (AvgIpc) is 2.49. The molecule has 0 amide bonds. The topological polar surface area (TPSA) is 40.5 Å². The normalized spacial score (nSPS) is 20.8. The maximum absolute atomic E-state index is 11.2. The Morgan fingerprint density at radius 2 is 2.14 bits per heavy atom. The van der Waals surface area contributed by atoms with Crippen LogP contribution in [-0.2, 0) is 11.3 Å². The van der Waals surface area contributed by atoms with Crippen LogP contribution in [0.3, 0.4) is 0 Å². The van der Waals surface area contributed by atoms with E-state index in [2.05, 4.69) is 36.9 Å². The summed E-state index contributed by atoms with van der Waals surface area (Å²) in [5, 5.41) is 9.25. The van der Waals surface area contributed by atoms with E-state index in [0.29, 0.717) is 5.92 Å². The van der Waals surface area contributed by atoms with Crippen molar-refractivity contribution in [1.29, 1.82) is 0 Å². The first kappa shape index (κ1) is 17.0. The molecule has 0 bridgehead atoms. The van der Waals surface area contributed by atoms with Crippen molar-refractivity contribution in [2.45, 2.75) is 53.0 Å². The molecule has 1 fully saturated rings. The molecule has 0 saturated carbocycles. The molecule has 1 aromatic rings. The molecule has 2 atom stereocenters. The lowest BCUT2D eigenvalue weighted by atomic mass is 9.87. The van der Waals surface area contributed by atoms with Gasteiger partial charge in [-0.05, 0) is 68.7 Å². The van der Waals surface area contributed by atoms with Crippen LogP contribution in [0.15, 0.2) is 18.2 Å². The number of likely N-dealkylation sites (tertiary alicyclic amines) is 1. The molecule has 2 unspecified atom stereocenters. The minimum absolute atomic E-state index is 0.174. The largest absolute Gasteiger partial charge is 0.481 e. The quantitative estimate of drug-likeness (QED) is 0.863. The molecular formula is C19H29NO2. The zero-order valence-electron chi connectivity index (χ0n) is 14.1. The van der Waals surface area contributed by atoms with Gasteiger partial charge in [0, 0.05) is 13.1 Å². The van der Waals surface area contributed by atoms with Gasteiger partial charge >= 0.3 is 5.97 Å². The van der Waals surface area contributed by atoms with Crippen LogP contribution in [0.4, 0.5) is 0 Å². The van der Waals surface area contributed by atoms with Crippen molar-refractivity contribution in [1.82, 2.24) is 4.90 Å². The second-order valence-electron chi connectivity index (χ2n) is 6.84. The predicted molar refractivity (Wildman–Crippen MR) is 90.0 cm³/mol. The van der Waals surface area contributed by atoms with E-state index >= 15 is 0 Å². The number of hydrogen-bond acceptors (Lipinski definition) is 2. The molecule has 0 radical (unpaired) electrons. The van der Waals surface area contributed by atoms with Crippen molar-refractivity contribution >= 4 is 5.97 Å². The smallest absolute Gasteiger partial charge is 0.306 e. The molecular weight excluding hydrogens is 274 g/mol. The summed E-state index contributed by atoms with van der Waals surface area (Å²) >= 11 is 0. The van der Waals surface area contributed by atoms with Crippen LogP contribution < -0.4 is 0 Å². The number of hydrogen-bond donors (Lipinski definition) is 1. The molecule has 0 aromatic heterocycles. The molecule has 0 spiro atoms. The molecule has 0 aliphatic carbocycles. The molecule has 3 nitrogen and oxygen atoms in total. The van der Waals surface area contributed by atoms with Crippen LogP contribution in [-0.4, -0.2) is 29.1 Å². The van der Waals surface area contributed by atoms with Crippen molar-refractivity contribution in [3.8, 4) is 0 Å². The van der Waals surface area contributed by atoms with Crippen molar-refractivity contribution < 1.29 is 9.90 Å². The summed E-state index contributed by atoms with van der Waals surface area (Å²) in [7, 11) is 0. The maximum atomic E-state index is 11.2.